The van der Waals surface area contributed by atoms with E-state index in [-0.39, 0.29) is 17.9 Å². The van der Waals surface area contributed by atoms with Crippen LogP contribution in [0.2, 0.25) is 0 Å². The Labute approximate surface area is 155 Å². The van der Waals surface area contributed by atoms with Crippen molar-refractivity contribution in [2.75, 3.05) is 13.1 Å². The van der Waals surface area contributed by atoms with E-state index in [0.29, 0.717) is 17.8 Å². The van der Waals surface area contributed by atoms with Crippen molar-refractivity contribution in [3.63, 3.8) is 0 Å². The van der Waals surface area contributed by atoms with Gasteiger partial charge in [0.1, 0.15) is 5.82 Å². The Morgan fingerprint density at radius 1 is 1.27 bits per heavy atom. The summed E-state index contributed by atoms with van der Waals surface area (Å²) in [7, 11) is 0. The van der Waals surface area contributed by atoms with E-state index in [4.69, 9.17) is 0 Å². The molecule has 0 aliphatic carbocycles. The van der Waals surface area contributed by atoms with Gasteiger partial charge in [0.25, 0.3) is 5.91 Å². The molecule has 7 heteroatoms. The van der Waals surface area contributed by atoms with E-state index in [2.05, 4.69) is 15.3 Å². The summed E-state index contributed by atoms with van der Waals surface area (Å²) in [5, 5.41) is 4.68. The molecule has 1 atom stereocenters. The lowest BCUT2D eigenvalue weighted by Gasteiger charge is -2.23. The zero-order valence-electron chi connectivity index (χ0n) is 14.3. The van der Waals surface area contributed by atoms with Crippen molar-refractivity contribution >= 4 is 34.2 Å². The van der Waals surface area contributed by atoms with Crippen molar-refractivity contribution < 1.29 is 9.59 Å². The van der Waals surface area contributed by atoms with E-state index in [1.165, 1.54) is 11.3 Å². The molecule has 1 aliphatic heterocycles. The first kappa shape index (κ1) is 16.8. The standard InChI is InChI=1S/C19H20N4O2S/c24-17(9-10-20-19(25)16-8-4-12-26-16)23-11-3-7-15(23)18-21-13-5-1-2-6-14(13)22-18/h1-2,4-6,8,12,15H,3,7,9-11H2,(H,20,25)(H,21,22). The number of amides is 2. The Hall–Kier alpha value is -2.67. The second-order valence-electron chi connectivity index (χ2n) is 6.37. The highest BCUT2D eigenvalue weighted by molar-refractivity contribution is 7.12. The lowest BCUT2D eigenvalue weighted by molar-refractivity contribution is -0.132. The molecule has 6 nitrogen and oxygen atoms in total. The first-order valence-electron chi connectivity index (χ1n) is 8.78. The predicted octanol–water partition coefficient (Wildman–Crippen LogP) is 3.11. The molecule has 2 amide bonds. The molecule has 1 saturated heterocycles. The topological polar surface area (TPSA) is 78.1 Å². The van der Waals surface area contributed by atoms with Gasteiger partial charge in [0, 0.05) is 19.5 Å². The fourth-order valence-electron chi connectivity index (χ4n) is 3.40. The number of aromatic nitrogens is 2. The third-order valence-electron chi connectivity index (χ3n) is 4.67. The lowest BCUT2D eigenvalue weighted by Crippen LogP contribution is -2.34. The van der Waals surface area contributed by atoms with Crippen molar-refractivity contribution in [3.8, 4) is 0 Å². The number of H-pyrrole nitrogens is 1. The number of nitrogens with zero attached hydrogens (tertiary/aromatic N) is 2. The Balaban J connectivity index is 1.38. The number of fused-ring (bicyclic) bond motifs is 1. The highest BCUT2D eigenvalue weighted by atomic mass is 32.1. The molecule has 134 valence electrons. The molecule has 3 heterocycles. The quantitative estimate of drug-likeness (QED) is 0.726. The molecule has 3 aromatic rings. The number of nitrogens with one attached hydrogen (secondary N) is 2. The van der Waals surface area contributed by atoms with Gasteiger partial charge in [-0.15, -0.1) is 11.3 Å². The van der Waals surface area contributed by atoms with Gasteiger partial charge in [-0.25, -0.2) is 4.98 Å². The number of benzene rings is 1. The maximum absolute atomic E-state index is 12.6. The predicted molar refractivity (Wildman–Crippen MR) is 101 cm³/mol. The Morgan fingerprint density at radius 3 is 2.96 bits per heavy atom. The fourth-order valence-corrected chi connectivity index (χ4v) is 4.04. The van der Waals surface area contributed by atoms with Gasteiger partial charge in [0.15, 0.2) is 0 Å². The van der Waals surface area contributed by atoms with Gasteiger partial charge >= 0.3 is 0 Å². The minimum atomic E-state index is -0.122. The maximum atomic E-state index is 12.6. The summed E-state index contributed by atoms with van der Waals surface area (Å²) < 4.78 is 0. The van der Waals surface area contributed by atoms with Crippen molar-refractivity contribution in [1.82, 2.24) is 20.2 Å². The first-order valence-corrected chi connectivity index (χ1v) is 9.66. The molecular formula is C19H20N4O2S. The fraction of sp³-hybridized carbons (Fsp3) is 0.316. The Bertz CT molecular complexity index is 886. The Morgan fingerprint density at radius 2 is 2.15 bits per heavy atom. The number of hydrogen-bond donors (Lipinski definition) is 2. The highest BCUT2D eigenvalue weighted by Crippen LogP contribution is 2.31. The number of rotatable bonds is 5. The smallest absolute Gasteiger partial charge is 0.261 e. The monoisotopic (exact) mass is 368 g/mol. The molecule has 1 aromatic carbocycles. The second-order valence-corrected chi connectivity index (χ2v) is 7.32. The number of thiophene rings is 1. The van der Waals surface area contributed by atoms with Crippen molar-refractivity contribution in [3.05, 3.63) is 52.5 Å². The molecular weight excluding hydrogens is 348 g/mol. The zero-order chi connectivity index (χ0) is 17.9. The van der Waals surface area contributed by atoms with Crippen LogP contribution in [0.1, 0.15) is 40.8 Å². The minimum absolute atomic E-state index is 0.0112. The highest BCUT2D eigenvalue weighted by Gasteiger charge is 2.31. The number of carbonyl (C=O) groups is 2. The summed E-state index contributed by atoms with van der Waals surface area (Å²) in [6.07, 6.45) is 2.18. The van der Waals surface area contributed by atoms with E-state index in [1.807, 2.05) is 40.6 Å². The second kappa shape index (κ2) is 7.29. The number of hydrogen-bond acceptors (Lipinski definition) is 4. The molecule has 0 spiro atoms. The van der Waals surface area contributed by atoms with Crippen LogP contribution in [-0.2, 0) is 4.79 Å². The van der Waals surface area contributed by atoms with Gasteiger partial charge < -0.3 is 15.2 Å². The summed E-state index contributed by atoms with van der Waals surface area (Å²) in [6.45, 7) is 1.08. The molecule has 1 unspecified atom stereocenters. The van der Waals surface area contributed by atoms with Crippen LogP contribution in [0.25, 0.3) is 11.0 Å². The van der Waals surface area contributed by atoms with Crippen LogP contribution in [0.4, 0.5) is 0 Å². The molecule has 2 aromatic heterocycles. The van der Waals surface area contributed by atoms with Crippen LogP contribution in [0.5, 0.6) is 0 Å². The van der Waals surface area contributed by atoms with Crippen LogP contribution in [0, 0.1) is 0 Å². The number of carbonyl (C=O) groups excluding carboxylic acids is 2. The van der Waals surface area contributed by atoms with Crippen LogP contribution in [-0.4, -0.2) is 39.8 Å². The van der Waals surface area contributed by atoms with Gasteiger partial charge in [0.2, 0.25) is 5.91 Å². The van der Waals surface area contributed by atoms with Crippen molar-refractivity contribution in [1.29, 1.82) is 0 Å². The Kier molecular flexibility index (Phi) is 4.71. The van der Waals surface area contributed by atoms with Gasteiger partial charge in [-0.3, -0.25) is 9.59 Å². The molecule has 26 heavy (non-hydrogen) atoms. The van der Waals surface area contributed by atoms with E-state index in [1.54, 1.807) is 6.07 Å². The molecule has 0 radical (unpaired) electrons. The van der Waals surface area contributed by atoms with E-state index in [9.17, 15) is 9.59 Å². The van der Waals surface area contributed by atoms with E-state index < -0.39 is 0 Å². The van der Waals surface area contributed by atoms with Crippen molar-refractivity contribution in [2.24, 2.45) is 0 Å². The molecule has 1 aliphatic rings. The SMILES string of the molecule is O=C(NCCC(=O)N1CCCC1c1nc2ccccc2[nH]1)c1cccs1. The maximum Gasteiger partial charge on any atom is 0.261 e. The summed E-state index contributed by atoms with van der Waals surface area (Å²) >= 11 is 1.40. The van der Waals surface area contributed by atoms with Gasteiger partial charge in [0.05, 0.1) is 22.0 Å². The van der Waals surface area contributed by atoms with Crippen molar-refractivity contribution in [2.45, 2.75) is 25.3 Å². The molecule has 1 fully saturated rings. The van der Waals surface area contributed by atoms with Crippen LogP contribution in [0.3, 0.4) is 0 Å². The number of likely N-dealkylation sites (tertiary alicyclic amines) is 1. The summed E-state index contributed by atoms with van der Waals surface area (Å²) in [4.78, 5) is 35.1. The van der Waals surface area contributed by atoms with Gasteiger partial charge in [-0.1, -0.05) is 18.2 Å². The van der Waals surface area contributed by atoms with E-state index in [0.717, 1.165) is 36.2 Å². The van der Waals surface area contributed by atoms with Gasteiger partial charge in [-0.05, 0) is 36.4 Å². The number of para-hydroxylation sites is 2. The summed E-state index contributed by atoms with van der Waals surface area (Å²) in [6, 6.07) is 11.5. The molecule has 0 bridgehead atoms. The van der Waals surface area contributed by atoms with Crippen LogP contribution < -0.4 is 5.32 Å². The average molecular weight is 368 g/mol. The third kappa shape index (κ3) is 3.35. The molecule has 2 N–H and O–H groups in total. The summed E-state index contributed by atoms with van der Waals surface area (Å²) in [5.41, 5.74) is 1.91. The summed E-state index contributed by atoms with van der Waals surface area (Å²) in [5.74, 6) is 0.780. The largest absolute Gasteiger partial charge is 0.351 e. The lowest BCUT2D eigenvalue weighted by atomic mass is 10.2. The molecule has 4 rings (SSSR count). The normalized spacial score (nSPS) is 16.9. The average Bonchev–Trinajstić information content (AvgIpc) is 3.40. The van der Waals surface area contributed by atoms with Crippen LogP contribution >= 0.6 is 11.3 Å². The number of aromatic amines is 1. The van der Waals surface area contributed by atoms with Gasteiger partial charge in [-0.2, -0.15) is 0 Å². The first-order chi connectivity index (χ1) is 12.7. The zero-order valence-corrected chi connectivity index (χ0v) is 15.1. The minimum Gasteiger partial charge on any atom is -0.351 e. The number of imidazole rings is 1. The molecule has 0 saturated carbocycles. The van der Waals surface area contributed by atoms with Crippen LogP contribution in [0.15, 0.2) is 41.8 Å². The third-order valence-corrected chi connectivity index (χ3v) is 5.53. The van der Waals surface area contributed by atoms with E-state index >= 15 is 0 Å².